The number of anilines is 2. The third kappa shape index (κ3) is 4.25. The van der Waals surface area contributed by atoms with E-state index in [0.29, 0.717) is 13.2 Å². The zero-order valence-electron chi connectivity index (χ0n) is 13.4. The highest BCUT2D eigenvalue weighted by atomic mass is 16.6. The Balaban J connectivity index is 1.63. The second-order valence-corrected chi connectivity index (χ2v) is 5.50. The topological polar surface area (TPSA) is 43.4 Å². The molecule has 0 fully saturated rings. The zero-order chi connectivity index (χ0) is 15.9. The minimum absolute atomic E-state index is 0.591. The van der Waals surface area contributed by atoms with E-state index in [4.69, 9.17) is 9.47 Å². The molecule has 4 nitrogen and oxygen atoms in total. The number of pyridine rings is 1. The van der Waals surface area contributed by atoms with Crippen molar-refractivity contribution in [3.05, 3.63) is 48.2 Å². The summed E-state index contributed by atoms with van der Waals surface area (Å²) < 4.78 is 11.1. The maximum atomic E-state index is 5.59. The molecule has 4 heteroatoms. The largest absolute Gasteiger partial charge is 0.486 e. The molecule has 1 aliphatic rings. The van der Waals surface area contributed by atoms with Gasteiger partial charge in [-0.2, -0.15) is 0 Å². The number of unbranched alkanes of at least 4 members (excludes halogenated alkanes) is 2. The van der Waals surface area contributed by atoms with Crippen LogP contribution in [0.5, 0.6) is 11.5 Å². The minimum Gasteiger partial charge on any atom is -0.486 e. The Hall–Kier alpha value is -2.49. The van der Waals surface area contributed by atoms with Crippen molar-refractivity contribution in [1.29, 1.82) is 0 Å². The molecule has 1 N–H and O–H groups in total. The first-order valence-electron chi connectivity index (χ1n) is 8.14. The number of hydrogen-bond donors (Lipinski definition) is 1. The molecule has 2 aromatic rings. The van der Waals surface area contributed by atoms with Crippen molar-refractivity contribution in [2.24, 2.45) is 0 Å². The molecule has 0 bridgehead atoms. The van der Waals surface area contributed by atoms with E-state index in [0.717, 1.165) is 35.0 Å². The summed E-state index contributed by atoms with van der Waals surface area (Å²) in [5, 5.41) is 3.29. The average Bonchev–Trinajstić information content (AvgIpc) is 2.60. The lowest BCUT2D eigenvalue weighted by Crippen LogP contribution is -2.15. The Morgan fingerprint density at radius 1 is 1.13 bits per heavy atom. The second kappa shape index (κ2) is 7.68. The van der Waals surface area contributed by atoms with E-state index in [-0.39, 0.29) is 0 Å². The Morgan fingerprint density at radius 3 is 2.78 bits per heavy atom. The van der Waals surface area contributed by atoms with Crippen molar-refractivity contribution >= 4 is 17.6 Å². The summed E-state index contributed by atoms with van der Waals surface area (Å²) in [6, 6.07) is 9.87. The van der Waals surface area contributed by atoms with Crippen LogP contribution in [0.15, 0.2) is 42.6 Å². The molecule has 2 heterocycles. The van der Waals surface area contributed by atoms with Crippen LogP contribution in [0.25, 0.3) is 6.08 Å². The molecule has 0 saturated heterocycles. The fourth-order valence-corrected chi connectivity index (χ4v) is 2.39. The maximum absolute atomic E-state index is 5.59. The van der Waals surface area contributed by atoms with Crippen molar-refractivity contribution in [3.63, 3.8) is 0 Å². The van der Waals surface area contributed by atoms with Gasteiger partial charge in [-0.15, -0.1) is 0 Å². The lowest BCUT2D eigenvalue weighted by atomic mass is 10.2. The van der Waals surface area contributed by atoms with Gasteiger partial charge in [0.1, 0.15) is 19.0 Å². The van der Waals surface area contributed by atoms with Gasteiger partial charge in [0.25, 0.3) is 0 Å². The van der Waals surface area contributed by atoms with E-state index in [1.165, 1.54) is 12.8 Å². The molecule has 1 aromatic carbocycles. The lowest BCUT2D eigenvalue weighted by molar-refractivity contribution is 0.171. The first kappa shape index (κ1) is 15.4. The Bertz CT molecular complexity index is 666. The van der Waals surface area contributed by atoms with E-state index in [9.17, 15) is 0 Å². The quantitative estimate of drug-likeness (QED) is 0.778. The predicted octanol–water partition coefficient (Wildman–Crippen LogP) is 4.80. The first-order chi connectivity index (χ1) is 11.3. The number of rotatable bonds is 6. The van der Waals surface area contributed by atoms with Crippen LogP contribution in [-0.2, 0) is 0 Å². The highest BCUT2D eigenvalue weighted by Crippen LogP contribution is 2.33. The predicted molar refractivity (Wildman–Crippen MR) is 93.5 cm³/mol. The number of aromatic nitrogens is 1. The van der Waals surface area contributed by atoms with Crippen LogP contribution in [0.1, 0.15) is 31.7 Å². The van der Waals surface area contributed by atoms with Crippen molar-refractivity contribution in [2.45, 2.75) is 26.2 Å². The summed E-state index contributed by atoms with van der Waals surface area (Å²) in [5.41, 5.74) is 2.06. The molecule has 0 radical (unpaired) electrons. The third-order valence-corrected chi connectivity index (χ3v) is 3.64. The van der Waals surface area contributed by atoms with Crippen LogP contribution in [0.2, 0.25) is 0 Å². The van der Waals surface area contributed by atoms with Gasteiger partial charge in [0.15, 0.2) is 11.5 Å². The Morgan fingerprint density at radius 2 is 2.00 bits per heavy atom. The number of nitrogens with one attached hydrogen (secondary N) is 1. The molecule has 1 aliphatic heterocycles. The van der Waals surface area contributed by atoms with E-state index in [2.05, 4.69) is 35.4 Å². The van der Waals surface area contributed by atoms with E-state index in [1.807, 2.05) is 30.5 Å². The molecule has 0 atom stereocenters. The molecule has 0 spiro atoms. The highest BCUT2D eigenvalue weighted by molar-refractivity contribution is 5.62. The molecule has 120 valence electrons. The van der Waals surface area contributed by atoms with Gasteiger partial charge in [0, 0.05) is 18.0 Å². The summed E-state index contributed by atoms with van der Waals surface area (Å²) >= 11 is 0. The fourth-order valence-electron chi connectivity index (χ4n) is 2.39. The van der Waals surface area contributed by atoms with Gasteiger partial charge >= 0.3 is 0 Å². The molecule has 0 saturated carbocycles. The van der Waals surface area contributed by atoms with Crippen LogP contribution >= 0.6 is 0 Å². The van der Waals surface area contributed by atoms with Gasteiger partial charge in [-0.1, -0.05) is 31.9 Å². The number of ether oxygens (including phenoxy) is 2. The minimum atomic E-state index is 0.591. The summed E-state index contributed by atoms with van der Waals surface area (Å²) in [4.78, 5) is 4.45. The highest BCUT2D eigenvalue weighted by Gasteiger charge is 2.11. The van der Waals surface area contributed by atoms with Crippen LogP contribution in [0.4, 0.5) is 11.5 Å². The number of benzene rings is 1. The molecular weight excluding hydrogens is 288 g/mol. The van der Waals surface area contributed by atoms with Gasteiger partial charge in [0.05, 0.1) is 0 Å². The van der Waals surface area contributed by atoms with Crippen LogP contribution < -0.4 is 14.8 Å². The smallest absolute Gasteiger partial charge is 0.163 e. The van der Waals surface area contributed by atoms with Crippen molar-refractivity contribution < 1.29 is 9.47 Å². The van der Waals surface area contributed by atoms with E-state index in [1.54, 1.807) is 0 Å². The molecule has 0 aliphatic carbocycles. The fraction of sp³-hybridized carbons (Fsp3) is 0.316. The van der Waals surface area contributed by atoms with Crippen molar-refractivity contribution in [1.82, 2.24) is 4.98 Å². The molecule has 0 amide bonds. The van der Waals surface area contributed by atoms with E-state index >= 15 is 0 Å². The lowest BCUT2D eigenvalue weighted by Gasteiger charge is -2.19. The van der Waals surface area contributed by atoms with E-state index < -0.39 is 0 Å². The maximum Gasteiger partial charge on any atom is 0.163 e. The standard InChI is InChI=1S/C19H22N2O2/c1-2-3-4-5-6-15-7-10-19(20-14-15)21-16-8-9-17-18(13-16)23-12-11-22-17/h5-10,13-14H,2-4,11-12H2,1H3,(H,20,21)/b6-5+. The SMILES string of the molecule is CCCC/C=C/c1ccc(Nc2ccc3c(c2)OCCO3)nc1. The molecule has 23 heavy (non-hydrogen) atoms. The summed E-state index contributed by atoms with van der Waals surface area (Å²) in [6.07, 6.45) is 9.77. The Labute approximate surface area is 137 Å². The number of allylic oxidation sites excluding steroid dienone is 1. The van der Waals surface area contributed by atoms with Gasteiger partial charge in [-0.25, -0.2) is 4.98 Å². The molecule has 0 unspecified atom stereocenters. The van der Waals surface area contributed by atoms with Gasteiger partial charge in [-0.05, 0) is 36.2 Å². The summed E-state index contributed by atoms with van der Waals surface area (Å²) in [5.74, 6) is 2.38. The molecule has 3 rings (SSSR count). The van der Waals surface area contributed by atoms with Gasteiger partial charge in [0.2, 0.25) is 0 Å². The van der Waals surface area contributed by atoms with Crippen molar-refractivity contribution in [2.75, 3.05) is 18.5 Å². The van der Waals surface area contributed by atoms with Crippen LogP contribution in [0.3, 0.4) is 0 Å². The van der Waals surface area contributed by atoms with Crippen molar-refractivity contribution in [3.8, 4) is 11.5 Å². The monoisotopic (exact) mass is 310 g/mol. The number of fused-ring (bicyclic) bond motifs is 1. The second-order valence-electron chi connectivity index (χ2n) is 5.50. The summed E-state index contributed by atoms with van der Waals surface area (Å²) in [6.45, 7) is 3.40. The van der Waals surface area contributed by atoms with Crippen LogP contribution in [0, 0.1) is 0 Å². The normalized spacial score (nSPS) is 13.3. The first-order valence-corrected chi connectivity index (χ1v) is 8.14. The molecular formula is C19H22N2O2. The zero-order valence-corrected chi connectivity index (χ0v) is 13.4. The number of hydrogen-bond acceptors (Lipinski definition) is 4. The summed E-state index contributed by atoms with van der Waals surface area (Å²) in [7, 11) is 0. The Kier molecular flexibility index (Phi) is 5.14. The molecule has 1 aromatic heterocycles. The van der Waals surface area contributed by atoms with Crippen LogP contribution in [-0.4, -0.2) is 18.2 Å². The number of nitrogens with zero attached hydrogens (tertiary/aromatic N) is 1. The third-order valence-electron chi connectivity index (χ3n) is 3.64. The van der Waals surface area contributed by atoms with Gasteiger partial charge < -0.3 is 14.8 Å². The van der Waals surface area contributed by atoms with Gasteiger partial charge in [-0.3, -0.25) is 0 Å². The average molecular weight is 310 g/mol.